The summed E-state index contributed by atoms with van der Waals surface area (Å²) in [6.07, 6.45) is 0. The Labute approximate surface area is 153 Å². The van der Waals surface area contributed by atoms with E-state index in [2.05, 4.69) is 10.6 Å². The highest BCUT2D eigenvalue weighted by Gasteiger charge is 2.35. The van der Waals surface area contributed by atoms with Crippen molar-refractivity contribution in [3.8, 4) is 11.5 Å². The van der Waals surface area contributed by atoms with E-state index in [1.54, 1.807) is 57.4 Å². The van der Waals surface area contributed by atoms with E-state index < -0.39 is 5.41 Å². The van der Waals surface area contributed by atoms with Crippen molar-refractivity contribution in [3.63, 3.8) is 0 Å². The molecule has 0 spiro atoms. The Bertz CT molecular complexity index is 727. The summed E-state index contributed by atoms with van der Waals surface area (Å²) in [6.45, 7) is 3.78. The van der Waals surface area contributed by atoms with Gasteiger partial charge < -0.3 is 20.1 Å². The van der Waals surface area contributed by atoms with Gasteiger partial charge in [0.2, 0.25) is 11.8 Å². The van der Waals surface area contributed by atoms with E-state index in [-0.39, 0.29) is 11.8 Å². The second-order valence-electron chi connectivity index (χ2n) is 6.23. The molecule has 2 aromatic carbocycles. The van der Waals surface area contributed by atoms with Crippen LogP contribution in [0.3, 0.4) is 0 Å². The molecule has 26 heavy (non-hydrogen) atoms. The van der Waals surface area contributed by atoms with Crippen molar-refractivity contribution in [1.82, 2.24) is 5.32 Å². The molecule has 2 aromatic rings. The van der Waals surface area contributed by atoms with E-state index in [1.807, 2.05) is 18.2 Å². The zero-order valence-corrected chi connectivity index (χ0v) is 15.2. The maximum atomic E-state index is 12.4. The first-order valence-corrected chi connectivity index (χ1v) is 8.35. The fraction of sp³-hybridized carbons (Fsp3) is 0.300. The van der Waals surface area contributed by atoms with Crippen LogP contribution in [0.1, 0.15) is 13.8 Å². The third kappa shape index (κ3) is 5.24. The van der Waals surface area contributed by atoms with Crippen LogP contribution >= 0.6 is 0 Å². The lowest BCUT2D eigenvalue weighted by atomic mass is 9.91. The van der Waals surface area contributed by atoms with Crippen LogP contribution in [0, 0.1) is 5.41 Å². The molecule has 2 rings (SSSR count). The van der Waals surface area contributed by atoms with Gasteiger partial charge in [0.15, 0.2) is 0 Å². The molecule has 6 heteroatoms. The number of anilines is 1. The first kappa shape index (κ1) is 19.3. The zero-order valence-electron chi connectivity index (χ0n) is 15.2. The number of hydrogen-bond acceptors (Lipinski definition) is 4. The Morgan fingerprint density at radius 1 is 0.923 bits per heavy atom. The van der Waals surface area contributed by atoms with Crippen molar-refractivity contribution in [2.24, 2.45) is 5.41 Å². The van der Waals surface area contributed by atoms with Gasteiger partial charge in [0.1, 0.15) is 23.5 Å². The van der Waals surface area contributed by atoms with Crippen molar-refractivity contribution in [2.75, 3.05) is 25.6 Å². The molecule has 0 bridgehead atoms. The van der Waals surface area contributed by atoms with Crippen molar-refractivity contribution in [2.45, 2.75) is 13.8 Å². The minimum atomic E-state index is -1.20. The summed E-state index contributed by atoms with van der Waals surface area (Å²) in [5.74, 6) is 0.708. The molecule has 0 saturated heterocycles. The molecular formula is C20H24N2O4. The van der Waals surface area contributed by atoms with Crippen LogP contribution in [0.15, 0.2) is 54.6 Å². The number of para-hydroxylation sites is 1. The second-order valence-corrected chi connectivity index (χ2v) is 6.23. The van der Waals surface area contributed by atoms with E-state index in [4.69, 9.17) is 9.47 Å². The van der Waals surface area contributed by atoms with Crippen molar-refractivity contribution < 1.29 is 19.1 Å². The number of amides is 2. The highest BCUT2D eigenvalue weighted by molar-refractivity contribution is 6.09. The average molecular weight is 356 g/mol. The number of ether oxygens (including phenoxy) is 2. The van der Waals surface area contributed by atoms with Gasteiger partial charge in [0.25, 0.3) is 0 Å². The van der Waals surface area contributed by atoms with Crippen LogP contribution in [0.5, 0.6) is 11.5 Å². The Morgan fingerprint density at radius 2 is 1.54 bits per heavy atom. The molecule has 0 saturated carbocycles. The minimum Gasteiger partial charge on any atom is -0.497 e. The Kier molecular flexibility index (Phi) is 6.60. The summed E-state index contributed by atoms with van der Waals surface area (Å²) in [4.78, 5) is 24.7. The standard InChI is InChI=1S/C20H24N2O4/c1-20(2,19(24)22-15-7-5-4-6-8-15)18(23)21-13-14-26-17-11-9-16(25-3)10-12-17/h4-12H,13-14H2,1-3H3,(H,21,23)(H,22,24). The van der Waals surface area contributed by atoms with Crippen molar-refractivity contribution in [3.05, 3.63) is 54.6 Å². The maximum absolute atomic E-state index is 12.4. The first-order chi connectivity index (χ1) is 12.4. The number of carbonyl (C=O) groups excluding carboxylic acids is 2. The molecular weight excluding hydrogens is 332 g/mol. The fourth-order valence-electron chi connectivity index (χ4n) is 2.14. The third-order valence-electron chi connectivity index (χ3n) is 3.88. The SMILES string of the molecule is COc1ccc(OCCNC(=O)C(C)(C)C(=O)Nc2ccccc2)cc1. The van der Waals surface area contributed by atoms with Crippen LogP contribution < -0.4 is 20.1 Å². The lowest BCUT2D eigenvalue weighted by Gasteiger charge is -2.22. The summed E-state index contributed by atoms with van der Waals surface area (Å²) < 4.78 is 10.6. The number of methoxy groups -OCH3 is 1. The van der Waals surface area contributed by atoms with E-state index >= 15 is 0 Å². The van der Waals surface area contributed by atoms with E-state index in [9.17, 15) is 9.59 Å². The summed E-state index contributed by atoms with van der Waals surface area (Å²) >= 11 is 0. The molecule has 138 valence electrons. The minimum absolute atomic E-state index is 0.299. The molecule has 0 aromatic heterocycles. The van der Waals surface area contributed by atoms with Gasteiger partial charge in [-0.05, 0) is 50.2 Å². The molecule has 0 unspecified atom stereocenters. The summed E-state index contributed by atoms with van der Waals surface area (Å²) in [5.41, 5.74) is -0.545. The van der Waals surface area contributed by atoms with Gasteiger partial charge in [-0.1, -0.05) is 18.2 Å². The number of carbonyl (C=O) groups is 2. The van der Waals surface area contributed by atoms with Crippen LogP contribution in [0.4, 0.5) is 5.69 Å². The predicted molar refractivity (Wildman–Crippen MR) is 100 cm³/mol. The smallest absolute Gasteiger partial charge is 0.239 e. The Hall–Kier alpha value is -3.02. The lowest BCUT2D eigenvalue weighted by molar-refractivity contribution is -0.138. The quantitative estimate of drug-likeness (QED) is 0.563. The normalized spacial score (nSPS) is 10.7. The van der Waals surface area contributed by atoms with Crippen molar-refractivity contribution in [1.29, 1.82) is 0 Å². The summed E-state index contributed by atoms with van der Waals surface area (Å²) in [5, 5.41) is 5.48. The molecule has 0 heterocycles. The molecule has 0 aliphatic heterocycles. The van der Waals surface area contributed by atoms with Gasteiger partial charge in [-0.2, -0.15) is 0 Å². The number of nitrogens with one attached hydrogen (secondary N) is 2. The van der Waals surface area contributed by atoms with Gasteiger partial charge in [0.05, 0.1) is 13.7 Å². The molecule has 0 fully saturated rings. The fourth-order valence-corrected chi connectivity index (χ4v) is 2.14. The topological polar surface area (TPSA) is 76.7 Å². The highest BCUT2D eigenvalue weighted by Crippen LogP contribution is 2.19. The van der Waals surface area contributed by atoms with E-state index in [1.165, 1.54) is 0 Å². The highest BCUT2D eigenvalue weighted by atomic mass is 16.5. The molecule has 2 N–H and O–H groups in total. The maximum Gasteiger partial charge on any atom is 0.239 e. The molecule has 0 radical (unpaired) electrons. The molecule has 2 amide bonds. The largest absolute Gasteiger partial charge is 0.497 e. The lowest BCUT2D eigenvalue weighted by Crippen LogP contribution is -2.46. The van der Waals surface area contributed by atoms with Gasteiger partial charge in [-0.25, -0.2) is 0 Å². The monoisotopic (exact) mass is 356 g/mol. The van der Waals surface area contributed by atoms with Gasteiger partial charge >= 0.3 is 0 Å². The van der Waals surface area contributed by atoms with Crippen LogP contribution in [0.25, 0.3) is 0 Å². The molecule has 0 aliphatic carbocycles. The Balaban J connectivity index is 1.78. The second kappa shape index (κ2) is 8.89. The van der Waals surface area contributed by atoms with Crippen LogP contribution in [0.2, 0.25) is 0 Å². The predicted octanol–water partition coefficient (Wildman–Crippen LogP) is 2.86. The van der Waals surface area contributed by atoms with Crippen molar-refractivity contribution >= 4 is 17.5 Å². The first-order valence-electron chi connectivity index (χ1n) is 8.35. The van der Waals surface area contributed by atoms with E-state index in [0.29, 0.717) is 24.6 Å². The number of hydrogen-bond donors (Lipinski definition) is 2. The van der Waals surface area contributed by atoms with Gasteiger partial charge in [-0.3, -0.25) is 9.59 Å². The van der Waals surface area contributed by atoms with Gasteiger partial charge in [-0.15, -0.1) is 0 Å². The molecule has 0 atom stereocenters. The van der Waals surface area contributed by atoms with E-state index in [0.717, 1.165) is 5.75 Å². The summed E-state index contributed by atoms with van der Waals surface area (Å²) in [6, 6.07) is 16.2. The Morgan fingerprint density at radius 3 is 2.15 bits per heavy atom. The molecule has 6 nitrogen and oxygen atoms in total. The van der Waals surface area contributed by atoms with Crippen LogP contribution in [-0.2, 0) is 9.59 Å². The summed E-state index contributed by atoms with van der Waals surface area (Å²) in [7, 11) is 1.60. The average Bonchev–Trinajstić information content (AvgIpc) is 2.66. The third-order valence-corrected chi connectivity index (χ3v) is 3.88. The van der Waals surface area contributed by atoms with Crippen LogP contribution in [-0.4, -0.2) is 32.1 Å². The van der Waals surface area contributed by atoms with Gasteiger partial charge in [0, 0.05) is 5.69 Å². The number of rotatable bonds is 8. The number of benzene rings is 2. The zero-order chi connectivity index (χ0) is 19.0. The molecule has 0 aliphatic rings.